The van der Waals surface area contributed by atoms with E-state index in [2.05, 4.69) is 10.1 Å². The Hall–Kier alpha value is -2.76. The van der Waals surface area contributed by atoms with E-state index in [0.29, 0.717) is 16.8 Å². The van der Waals surface area contributed by atoms with Crippen molar-refractivity contribution >= 4 is 17.4 Å². The van der Waals surface area contributed by atoms with Crippen LogP contribution in [0.5, 0.6) is 5.75 Å². The molecule has 0 radical (unpaired) electrons. The number of alkyl halides is 2. The number of carbonyl (C=O) groups is 2. The molecule has 0 fully saturated rings. The number of Topliss-reactive ketones (excluding diaryl/α,β-unsaturated/α-hetero) is 1. The smallest absolute Gasteiger partial charge is 0.387 e. The van der Waals surface area contributed by atoms with Crippen LogP contribution in [0.15, 0.2) is 48.5 Å². The maximum atomic E-state index is 12.4. The van der Waals surface area contributed by atoms with E-state index in [4.69, 9.17) is 0 Å². The molecule has 1 aliphatic rings. The zero-order valence-corrected chi connectivity index (χ0v) is 12.0. The number of rotatable bonds is 4. The second-order valence-electron chi connectivity index (χ2n) is 5.16. The Morgan fingerprint density at radius 1 is 1.17 bits per heavy atom. The highest BCUT2D eigenvalue weighted by molar-refractivity contribution is 6.09. The van der Waals surface area contributed by atoms with E-state index in [9.17, 15) is 18.4 Å². The molecule has 4 nitrogen and oxygen atoms in total. The van der Waals surface area contributed by atoms with Crippen LogP contribution in [0.1, 0.15) is 28.3 Å². The van der Waals surface area contributed by atoms with Crippen molar-refractivity contribution in [2.24, 2.45) is 0 Å². The molecule has 1 atom stereocenters. The molecule has 1 amide bonds. The second kappa shape index (κ2) is 6.16. The van der Waals surface area contributed by atoms with E-state index in [1.807, 2.05) is 0 Å². The minimum atomic E-state index is -2.93. The van der Waals surface area contributed by atoms with Gasteiger partial charge in [-0.2, -0.15) is 8.78 Å². The normalized spacial score (nSPS) is 16.3. The molecular formula is C17H13F2NO3. The lowest BCUT2D eigenvalue weighted by atomic mass is 10.0. The number of fused-ring (bicyclic) bond motifs is 1. The van der Waals surface area contributed by atoms with Crippen LogP contribution in [0.4, 0.5) is 14.5 Å². The number of nitrogens with one attached hydrogen (secondary N) is 1. The molecule has 0 aliphatic heterocycles. The molecule has 3 rings (SSSR count). The number of hydrogen-bond donors (Lipinski definition) is 1. The van der Waals surface area contributed by atoms with Crippen molar-refractivity contribution in [3.05, 3.63) is 59.7 Å². The zero-order chi connectivity index (χ0) is 16.4. The average molecular weight is 317 g/mol. The van der Waals surface area contributed by atoms with Crippen molar-refractivity contribution < 1.29 is 23.1 Å². The van der Waals surface area contributed by atoms with Gasteiger partial charge in [0, 0.05) is 23.7 Å². The maximum Gasteiger partial charge on any atom is 0.387 e. The molecule has 0 spiro atoms. The molecule has 0 unspecified atom stereocenters. The summed E-state index contributed by atoms with van der Waals surface area (Å²) >= 11 is 0. The van der Waals surface area contributed by atoms with Crippen LogP contribution < -0.4 is 10.1 Å². The summed E-state index contributed by atoms with van der Waals surface area (Å²) in [5, 5.41) is 2.64. The number of ether oxygens (including phenoxy) is 1. The highest BCUT2D eigenvalue weighted by Gasteiger charge is 2.33. The number of anilines is 1. The van der Waals surface area contributed by atoms with Crippen LogP contribution in [0.2, 0.25) is 0 Å². The third-order valence-electron chi connectivity index (χ3n) is 3.67. The van der Waals surface area contributed by atoms with Gasteiger partial charge in [0.25, 0.3) is 0 Å². The highest BCUT2D eigenvalue weighted by Crippen LogP contribution is 2.34. The molecular weight excluding hydrogens is 304 g/mol. The predicted octanol–water partition coefficient (Wildman–Crippen LogP) is 3.60. The summed E-state index contributed by atoms with van der Waals surface area (Å²) in [6, 6.07) is 12.7. The summed E-state index contributed by atoms with van der Waals surface area (Å²) in [6.45, 7) is -2.93. The molecule has 1 N–H and O–H groups in total. The van der Waals surface area contributed by atoms with Gasteiger partial charge < -0.3 is 10.1 Å². The fourth-order valence-electron chi connectivity index (χ4n) is 2.67. The van der Waals surface area contributed by atoms with Gasteiger partial charge in [-0.05, 0) is 17.7 Å². The average Bonchev–Trinajstić information content (AvgIpc) is 2.85. The molecule has 2 aromatic carbocycles. The van der Waals surface area contributed by atoms with Crippen molar-refractivity contribution in [2.75, 3.05) is 5.32 Å². The number of halogens is 2. The van der Waals surface area contributed by atoms with Gasteiger partial charge in [0.2, 0.25) is 5.91 Å². The Labute approximate surface area is 131 Å². The predicted molar refractivity (Wildman–Crippen MR) is 79.8 cm³/mol. The standard InChI is InChI=1S/C17H13F2NO3/c18-17(19)23-11-5-3-4-10(8-11)20-16(22)14-9-15(21)13-7-2-1-6-12(13)14/h1-8,14,17H,9H2,(H,20,22)/t14-/m1/s1. The largest absolute Gasteiger partial charge is 0.435 e. The summed E-state index contributed by atoms with van der Waals surface area (Å²) in [6.07, 6.45) is 0.110. The third kappa shape index (κ3) is 3.21. The van der Waals surface area contributed by atoms with Crippen LogP contribution in [0.25, 0.3) is 0 Å². The van der Waals surface area contributed by atoms with Gasteiger partial charge in [-0.25, -0.2) is 0 Å². The molecule has 0 bridgehead atoms. The maximum absolute atomic E-state index is 12.4. The van der Waals surface area contributed by atoms with Crippen molar-refractivity contribution in [1.82, 2.24) is 0 Å². The van der Waals surface area contributed by atoms with Crippen molar-refractivity contribution in [3.63, 3.8) is 0 Å². The Kier molecular flexibility index (Phi) is 4.06. The van der Waals surface area contributed by atoms with Gasteiger partial charge in [0.15, 0.2) is 5.78 Å². The number of ketones is 1. The number of benzene rings is 2. The van der Waals surface area contributed by atoms with E-state index in [-0.39, 0.29) is 23.9 Å². The minimum Gasteiger partial charge on any atom is -0.435 e. The van der Waals surface area contributed by atoms with Gasteiger partial charge in [-0.3, -0.25) is 9.59 Å². The summed E-state index contributed by atoms with van der Waals surface area (Å²) in [7, 11) is 0. The lowest BCUT2D eigenvalue weighted by Crippen LogP contribution is -2.19. The number of hydrogen-bond acceptors (Lipinski definition) is 3. The quantitative estimate of drug-likeness (QED) is 0.937. The van der Waals surface area contributed by atoms with Crippen molar-refractivity contribution in [2.45, 2.75) is 19.0 Å². The Bertz CT molecular complexity index is 761. The lowest BCUT2D eigenvalue weighted by molar-refractivity contribution is -0.117. The molecule has 0 saturated heterocycles. The lowest BCUT2D eigenvalue weighted by Gasteiger charge is -2.12. The van der Waals surface area contributed by atoms with E-state index >= 15 is 0 Å². The van der Waals surface area contributed by atoms with E-state index in [1.165, 1.54) is 18.2 Å². The number of carbonyl (C=O) groups excluding carboxylic acids is 2. The van der Waals surface area contributed by atoms with Gasteiger partial charge in [-0.1, -0.05) is 30.3 Å². The first kappa shape index (κ1) is 15.1. The molecule has 0 aromatic heterocycles. The fourth-order valence-corrected chi connectivity index (χ4v) is 2.67. The van der Waals surface area contributed by atoms with Gasteiger partial charge in [0.05, 0.1) is 5.92 Å². The van der Waals surface area contributed by atoms with Crippen LogP contribution in [0.3, 0.4) is 0 Å². The van der Waals surface area contributed by atoms with E-state index in [1.54, 1.807) is 30.3 Å². The van der Waals surface area contributed by atoms with Gasteiger partial charge in [-0.15, -0.1) is 0 Å². The fraction of sp³-hybridized carbons (Fsp3) is 0.176. The zero-order valence-electron chi connectivity index (χ0n) is 12.0. The third-order valence-corrected chi connectivity index (χ3v) is 3.67. The minimum absolute atomic E-state index is 0.0410. The second-order valence-corrected chi connectivity index (χ2v) is 5.16. The first-order valence-corrected chi connectivity index (χ1v) is 7.02. The molecule has 118 valence electrons. The van der Waals surface area contributed by atoms with Crippen molar-refractivity contribution in [3.8, 4) is 5.75 Å². The Morgan fingerprint density at radius 3 is 2.74 bits per heavy atom. The van der Waals surface area contributed by atoms with Crippen molar-refractivity contribution in [1.29, 1.82) is 0 Å². The summed E-state index contributed by atoms with van der Waals surface area (Å²) in [5.74, 6) is -1.04. The summed E-state index contributed by atoms with van der Waals surface area (Å²) in [5.41, 5.74) is 1.59. The number of amides is 1. The molecule has 6 heteroatoms. The topological polar surface area (TPSA) is 55.4 Å². The van der Waals surface area contributed by atoms with E-state index in [0.717, 1.165) is 0 Å². The summed E-state index contributed by atoms with van der Waals surface area (Å²) < 4.78 is 28.7. The highest BCUT2D eigenvalue weighted by atomic mass is 19.3. The van der Waals surface area contributed by atoms with E-state index < -0.39 is 12.5 Å². The molecule has 0 saturated carbocycles. The van der Waals surface area contributed by atoms with Crippen LogP contribution >= 0.6 is 0 Å². The molecule has 23 heavy (non-hydrogen) atoms. The monoisotopic (exact) mass is 317 g/mol. The molecule has 0 heterocycles. The molecule has 2 aromatic rings. The van der Waals surface area contributed by atoms with Crippen LogP contribution in [-0.4, -0.2) is 18.3 Å². The SMILES string of the molecule is O=C1C[C@@H](C(=O)Nc2cccc(OC(F)F)c2)c2ccccc21. The Morgan fingerprint density at radius 2 is 1.96 bits per heavy atom. The first-order chi connectivity index (χ1) is 11.0. The summed E-state index contributed by atoms with van der Waals surface area (Å²) in [4.78, 5) is 24.3. The van der Waals surface area contributed by atoms with Crippen LogP contribution in [-0.2, 0) is 4.79 Å². The Balaban J connectivity index is 1.77. The first-order valence-electron chi connectivity index (χ1n) is 7.02. The molecule has 1 aliphatic carbocycles. The van der Waals surface area contributed by atoms with Gasteiger partial charge >= 0.3 is 6.61 Å². The van der Waals surface area contributed by atoms with Gasteiger partial charge in [0.1, 0.15) is 5.75 Å². The van der Waals surface area contributed by atoms with Crippen LogP contribution in [0, 0.1) is 0 Å².